The number of aromatic nitrogens is 3. The number of piperazine rings is 1. The van der Waals surface area contributed by atoms with Crippen LogP contribution in [-0.2, 0) is 16.2 Å². The minimum atomic E-state index is -0.291. The Bertz CT molecular complexity index is 1080. The third-order valence-corrected chi connectivity index (χ3v) is 5.68. The predicted molar refractivity (Wildman–Crippen MR) is 117 cm³/mol. The van der Waals surface area contributed by atoms with Gasteiger partial charge in [-0.2, -0.15) is 0 Å². The van der Waals surface area contributed by atoms with Crippen LogP contribution in [0.25, 0.3) is 10.9 Å². The molecule has 8 nitrogen and oxygen atoms in total. The highest BCUT2D eigenvalue weighted by Gasteiger charge is 2.23. The number of rotatable bonds is 7. The molecule has 0 aliphatic carbocycles. The lowest BCUT2D eigenvalue weighted by molar-refractivity contribution is -0.199. The molecule has 0 amide bonds. The molecule has 0 radical (unpaired) electrons. The Hall–Kier alpha value is -3.10. The fourth-order valence-electron chi connectivity index (χ4n) is 3.74. The van der Waals surface area contributed by atoms with Gasteiger partial charge < -0.3 is 9.74 Å². The van der Waals surface area contributed by atoms with Crippen LogP contribution in [0, 0.1) is 0 Å². The highest BCUT2D eigenvalue weighted by molar-refractivity contribution is 5.77. The second-order valence-corrected chi connectivity index (χ2v) is 7.80. The summed E-state index contributed by atoms with van der Waals surface area (Å²) in [6.07, 6.45) is 0.803. The van der Waals surface area contributed by atoms with Gasteiger partial charge in [0.1, 0.15) is 5.52 Å². The summed E-state index contributed by atoms with van der Waals surface area (Å²) in [5.74, 6) is -0.519. The highest BCUT2D eigenvalue weighted by atomic mass is 16.7. The lowest BCUT2D eigenvalue weighted by atomic mass is 10.0. The van der Waals surface area contributed by atoms with E-state index in [4.69, 9.17) is 4.84 Å². The topological polar surface area (TPSA) is 80.6 Å². The molecular weight excluding hydrogens is 394 g/mol. The molecule has 1 aliphatic heterocycles. The van der Waals surface area contributed by atoms with E-state index in [1.807, 2.05) is 49.4 Å². The number of fused-ring (bicyclic) bond motifs is 1. The largest absolute Gasteiger partial charge is 0.367 e. The maximum atomic E-state index is 12.5. The number of carbonyl (C=O) groups is 1. The van der Waals surface area contributed by atoms with Crippen molar-refractivity contribution in [3.63, 3.8) is 0 Å². The van der Waals surface area contributed by atoms with E-state index in [1.54, 1.807) is 17.2 Å². The normalized spacial score (nSPS) is 16.3. The molecule has 1 unspecified atom stereocenters. The predicted octanol–water partition coefficient (Wildman–Crippen LogP) is 2.06. The van der Waals surface area contributed by atoms with Crippen LogP contribution >= 0.6 is 0 Å². The molecule has 1 aromatic heterocycles. The molecule has 31 heavy (non-hydrogen) atoms. The van der Waals surface area contributed by atoms with Crippen LogP contribution in [0.1, 0.15) is 24.8 Å². The summed E-state index contributed by atoms with van der Waals surface area (Å²) in [5, 5.41) is 10.5. The van der Waals surface area contributed by atoms with Crippen molar-refractivity contribution in [2.75, 3.05) is 32.7 Å². The lowest BCUT2D eigenvalue weighted by Gasteiger charge is -2.33. The van der Waals surface area contributed by atoms with Crippen molar-refractivity contribution in [2.45, 2.75) is 25.8 Å². The van der Waals surface area contributed by atoms with Gasteiger partial charge in [-0.1, -0.05) is 47.7 Å². The van der Waals surface area contributed by atoms with Gasteiger partial charge in [-0.05, 0) is 31.0 Å². The second kappa shape index (κ2) is 9.80. The summed E-state index contributed by atoms with van der Waals surface area (Å²) in [7, 11) is 0. The monoisotopic (exact) mass is 421 g/mol. The number of nitrogens with zero attached hydrogens (tertiary/aromatic N) is 5. The van der Waals surface area contributed by atoms with E-state index >= 15 is 0 Å². The summed E-state index contributed by atoms with van der Waals surface area (Å²) >= 11 is 0. The van der Waals surface area contributed by atoms with Crippen molar-refractivity contribution in [1.29, 1.82) is 0 Å². The SMILES string of the molecule is CC(C(=O)ON1CCN(CCCn2nnc3ccccc3c2=O)CC1)c1ccccc1. The number of benzene rings is 2. The van der Waals surface area contributed by atoms with Crippen LogP contribution in [0.15, 0.2) is 59.4 Å². The van der Waals surface area contributed by atoms with E-state index in [0.717, 1.165) is 31.6 Å². The lowest BCUT2D eigenvalue weighted by Crippen LogP contribution is -2.47. The van der Waals surface area contributed by atoms with E-state index < -0.39 is 0 Å². The molecule has 1 aliphatic rings. The molecule has 0 N–H and O–H groups in total. The van der Waals surface area contributed by atoms with E-state index in [-0.39, 0.29) is 17.4 Å². The fraction of sp³-hybridized carbons (Fsp3) is 0.391. The van der Waals surface area contributed by atoms with Gasteiger partial charge in [-0.25, -0.2) is 9.48 Å². The number of hydrogen-bond donors (Lipinski definition) is 0. The Morgan fingerprint density at radius 1 is 1.00 bits per heavy atom. The summed E-state index contributed by atoms with van der Waals surface area (Å²) in [6, 6.07) is 16.9. The first kappa shape index (κ1) is 21.1. The van der Waals surface area contributed by atoms with Crippen molar-refractivity contribution in [2.24, 2.45) is 0 Å². The quantitative estimate of drug-likeness (QED) is 0.578. The molecule has 0 saturated carbocycles. The van der Waals surface area contributed by atoms with Gasteiger partial charge in [-0.15, -0.1) is 10.2 Å². The standard InChI is InChI=1S/C23H27N5O3/c1-18(19-8-3-2-4-9-19)23(30)31-27-16-14-26(15-17-27)12-7-13-28-22(29)20-10-5-6-11-21(20)24-25-28/h2-6,8-11,18H,7,12-17H2,1H3. The fourth-order valence-corrected chi connectivity index (χ4v) is 3.74. The third-order valence-electron chi connectivity index (χ3n) is 5.68. The van der Waals surface area contributed by atoms with Crippen LogP contribution in [-0.4, -0.2) is 63.7 Å². The summed E-state index contributed by atoms with van der Waals surface area (Å²) < 4.78 is 1.44. The van der Waals surface area contributed by atoms with Crippen LogP contribution in [0.3, 0.4) is 0 Å². The molecular formula is C23H27N5O3. The maximum Gasteiger partial charge on any atom is 0.332 e. The van der Waals surface area contributed by atoms with Crippen molar-refractivity contribution in [3.05, 3.63) is 70.5 Å². The third kappa shape index (κ3) is 5.15. The van der Waals surface area contributed by atoms with Gasteiger partial charge in [-0.3, -0.25) is 4.79 Å². The molecule has 162 valence electrons. The van der Waals surface area contributed by atoms with E-state index in [1.165, 1.54) is 4.68 Å². The van der Waals surface area contributed by atoms with Gasteiger partial charge in [0, 0.05) is 39.3 Å². The van der Waals surface area contributed by atoms with Crippen molar-refractivity contribution >= 4 is 16.9 Å². The first-order chi connectivity index (χ1) is 15.1. The van der Waals surface area contributed by atoms with Gasteiger partial charge in [0.05, 0.1) is 11.3 Å². The molecule has 0 bridgehead atoms. The molecule has 0 spiro atoms. The molecule has 8 heteroatoms. The minimum absolute atomic E-state index is 0.102. The summed E-state index contributed by atoms with van der Waals surface area (Å²) in [5.41, 5.74) is 1.48. The van der Waals surface area contributed by atoms with Crippen molar-refractivity contribution in [1.82, 2.24) is 25.0 Å². The Morgan fingerprint density at radius 2 is 1.71 bits per heavy atom. The molecule has 3 aromatic rings. The highest BCUT2D eigenvalue weighted by Crippen LogP contribution is 2.17. The molecule has 4 rings (SSSR count). The summed E-state index contributed by atoms with van der Waals surface area (Å²) in [4.78, 5) is 32.8. The second-order valence-electron chi connectivity index (χ2n) is 7.80. The van der Waals surface area contributed by atoms with Gasteiger partial charge in [0.15, 0.2) is 0 Å². The molecule has 1 fully saturated rings. The van der Waals surface area contributed by atoms with Crippen molar-refractivity contribution < 1.29 is 9.63 Å². The van der Waals surface area contributed by atoms with E-state index in [0.29, 0.717) is 30.5 Å². The van der Waals surface area contributed by atoms with Crippen LogP contribution in [0.5, 0.6) is 0 Å². The first-order valence-electron chi connectivity index (χ1n) is 10.7. The van der Waals surface area contributed by atoms with Crippen LogP contribution in [0.4, 0.5) is 0 Å². The zero-order chi connectivity index (χ0) is 21.6. The Balaban J connectivity index is 1.21. The number of hydroxylamine groups is 2. The maximum absolute atomic E-state index is 12.5. The molecule has 1 saturated heterocycles. The Morgan fingerprint density at radius 3 is 2.48 bits per heavy atom. The van der Waals surface area contributed by atoms with Crippen molar-refractivity contribution in [3.8, 4) is 0 Å². The van der Waals surface area contributed by atoms with Gasteiger partial charge in [0.25, 0.3) is 5.56 Å². The number of aryl methyl sites for hydroxylation is 1. The van der Waals surface area contributed by atoms with Gasteiger partial charge >= 0.3 is 5.97 Å². The van der Waals surface area contributed by atoms with Crippen LogP contribution in [0.2, 0.25) is 0 Å². The Kier molecular flexibility index (Phi) is 6.69. The first-order valence-corrected chi connectivity index (χ1v) is 10.7. The van der Waals surface area contributed by atoms with Crippen LogP contribution < -0.4 is 5.56 Å². The van der Waals surface area contributed by atoms with E-state index in [2.05, 4.69) is 15.2 Å². The zero-order valence-electron chi connectivity index (χ0n) is 17.7. The smallest absolute Gasteiger partial charge is 0.332 e. The average Bonchev–Trinajstić information content (AvgIpc) is 2.82. The molecule has 1 atom stereocenters. The zero-order valence-corrected chi connectivity index (χ0v) is 17.7. The Labute approximate surface area is 181 Å². The minimum Gasteiger partial charge on any atom is -0.367 e. The molecule has 2 heterocycles. The summed E-state index contributed by atoms with van der Waals surface area (Å²) in [6.45, 7) is 6.21. The van der Waals surface area contributed by atoms with Gasteiger partial charge in [0.2, 0.25) is 0 Å². The molecule has 2 aromatic carbocycles. The number of hydrogen-bond acceptors (Lipinski definition) is 7. The average molecular weight is 422 g/mol. The van der Waals surface area contributed by atoms with E-state index in [9.17, 15) is 9.59 Å². The number of carbonyl (C=O) groups excluding carboxylic acids is 1.